The molecule has 29 heavy (non-hydrogen) atoms. The van der Waals surface area contributed by atoms with Gasteiger partial charge in [0.1, 0.15) is 22.4 Å². The smallest absolute Gasteiger partial charge is 0.257 e. The molecule has 0 saturated carbocycles. The number of amides is 1. The van der Waals surface area contributed by atoms with Gasteiger partial charge in [0.25, 0.3) is 5.91 Å². The first kappa shape index (κ1) is 18.8. The summed E-state index contributed by atoms with van der Waals surface area (Å²) < 4.78 is 6.01. The van der Waals surface area contributed by atoms with E-state index in [1.54, 1.807) is 5.48 Å². The summed E-state index contributed by atoms with van der Waals surface area (Å²) in [5, 5.41) is 18.8. The highest BCUT2D eigenvalue weighted by Crippen LogP contribution is 2.37. The minimum Gasteiger partial charge on any atom is -0.457 e. The number of nitrogens with one attached hydrogen (secondary N) is 1. The topological polar surface area (TPSA) is 84.3 Å². The number of hydroxylamine groups is 1. The Kier molecular flexibility index (Phi) is 5.60. The predicted molar refractivity (Wildman–Crippen MR) is 110 cm³/mol. The van der Waals surface area contributed by atoms with Gasteiger partial charge in [-0.2, -0.15) is 0 Å². The van der Waals surface area contributed by atoms with Gasteiger partial charge >= 0.3 is 0 Å². The highest BCUT2D eigenvalue weighted by atomic mass is 32.1. The fraction of sp³-hybridized carbons (Fsp3) is 0.0455. The lowest BCUT2D eigenvalue weighted by Crippen LogP contribution is -2.27. The summed E-state index contributed by atoms with van der Waals surface area (Å²) in [7, 11) is 0. The number of rotatable bonds is 6. The van der Waals surface area contributed by atoms with Crippen LogP contribution in [0.4, 0.5) is 0 Å². The van der Waals surface area contributed by atoms with E-state index in [9.17, 15) is 10.0 Å². The molecule has 1 aromatic heterocycles. The predicted octanol–water partition coefficient (Wildman–Crippen LogP) is 4.63. The van der Waals surface area contributed by atoms with Crippen LogP contribution in [0, 0.1) is 0 Å². The van der Waals surface area contributed by atoms with Crippen molar-refractivity contribution in [1.82, 2.24) is 15.7 Å². The third-order valence-electron chi connectivity index (χ3n) is 4.28. The van der Waals surface area contributed by atoms with Crippen molar-refractivity contribution in [2.75, 3.05) is 0 Å². The van der Waals surface area contributed by atoms with E-state index in [1.807, 2.05) is 84.9 Å². The maximum Gasteiger partial charge on any atom is 0.257 e. The molecule has 6 nitrogen and oxygen atoms in total. The zero-order valence-electron chi connectivity index (χ0n) is 15.2. The third kappa shape index (κ3) is 4.16. The number of para-hydroxylation sites is 2. The molecule has 0 spiro atoms. The third-order valence-corrected chi connectivity index (χ3v) is 5.30. The zero-order chi connectivity index (χ0) is 20.1. The summed E-state index contributed by atoms with van der Waals surface area (Å²) in [6.45, 7) is 0. The lowest BCUT2D eigenvalue weighted by molar-refractivity contribution is -0.129. The minimum atomic E-state index is -0.755. The van der Waals surface area contributed by atoms with Gasteiger partial charge < -0.3 is 4.74 Å². The first-order valence-corrected chi connectivity index (χ1v) is 9.72. The van der Waals surface area contributed by atoms with Crippen molar-refractivity contribution in [3.8, 4) is 22.1 Å². The van der Waals surface area contributed by atoms with Crippen LogP contribution in [0.25, 0.3) is 10.6 Å². The van der Waals surface area contributed by atoms with Gasteiger partial charge in [-0.25, -0.2) is 5.48 Å². The zero-order valence-corrected chi connectivity index (χ0v) is 16.0. The Bertz CT molecular complexity index is 1100. The van der Waals surface area contributed by atoms with Gasteiger partial charge in [-0.3, -0.25) is 10.0 Å². The van der Waals surface area contributed by atoms with Crippen LogP contribution >= 0.6 is 11.3 Å². The molecule has 0 aliphatic rings. The Morgan fingerprint density at radius 2 is 1.55 bits per heavy atom. The van der Waals surface area contributed by atoms with Crippen molar-refractivity contribution in [3.05, 3.63) is 95.5 Å². The summed E-state index contributed by atoms with van der Waals surface area (Å²) >= 11 is 1.28. The summed E-state index contributed by atoms with van der Waals surface area (Å²) in [4.78, 5) is 12.3. The highest BCUT2D eigenvalue weighted by Gasteiger charge is 2.27. The van der Waals surface area contributed by atoms with E-state index in [1.165, 1.54) is 11.3 Å². The average molecular weight is 403 g/mol. The molecule has 1 heterocycles. The summed E-state index contributed by atoms with van der Waals surface area (Å²) in [6.07, 6.45) is 0. The van der Waals surface area contributed by atoms with Gasteiger partial charge in [-0.1, -0.05) is 72.0 Å². The number of carbonyl (C=O) groups is 1. The molecule has 4 aromatic rings. The number of ether oxygens (including phenoxy) is 1. The first-order valence-electron chi connectivity index (χ1n) is 8.91. The van der Waals surface area contributed by atoms with Crippen molar-refractivity contribution >= 4 is 17.2 Å². The van der Waals surface area contributed by atoms with Gasteiger partial charge in [-0.05, 0) is 29.8 Å². The van der Waals surface area contributed by atoms with Crippen molar-refractivity contribution in [2.45, 2.75) is 5.92 Å². The standard InChI is InChI=1S/C22H17N3O3S/c26-20(25-27)19(15-9-3-1-4-10-15)22-24-23-21(29-22)17-13-7-8-14-18(17)28-16-11-5-2-6-12-16/h1-14,19,27H,(H,25,26). The largest absolute Gasteiger partial charge is 0.457 e. The number of aromatic nitrogens is 2. The maximum absolute atomic E-state index is 12.3. The Balaban J connectivity index is 1.70. The van der Waals surface area contributed by atoms with E-state index in [2.05, 4.69) is 10.2 Å². The van der Waals surface area contributed by atoms with Crippen molar-refractivity contribution in [1.29, 1.82) is 0 Å². The molecule has 0 radical (unpaired) electrons. The van der Waals surface area contributed by atoms with Gasteiger partial charge in [-0.15, -0.1) is 10.2 Å². The Morgan fingerprint density at radius 3 is 2.28 bits per heavy atom. The lowest BCUT2D eigenvalue weighted by Gasteiger charge is -2.11. The molecule has 0 bridgehead atoms. The second-order valence-electron chi connectivity index (χ2n) is 6.18. The molecule has 1 unspecified atom stereocenters. The molecule has 2 N–H and O–H groups in total. The number of hydrogen-bond donors (Lipinski definition) is 2. The molecule has 1 atom stereocenters. The van der Waals surface area contributed by atoms with Crippen LogP contribution in [-0.4, -0.2) is 21.3 Å². The first-order chi connectivity index (χ1) is 14.3. The van der Waals surface area contributed by atoms with Gasteiger partial charge in [0, 0.05) is 0 Å². The highest BCUT2D eigenvalue weighted by molar-refractivity contribution is 7.15. The average Bonchev–Trinajstić information content (AvgIpc) is 3.25. The Morgan fingerprint density at radius 1 is 0.897 bits per heavy atom. The Hall–Kier alpha value is -3.55. The lowest BCUT2D eigenvalue weighted by atomic mass is 9.99. The van der Waals surface area contributed by atoms with Crippen LogP contribution in [0.1, 0.15) is 16.5 Å². The van der Waals surface area contributed by atoms with Crippen molar-refractivity contribution < 1.29 is 14.7 Å². The number of carbonyl (C=O) groups excluding carboxylic acids is 1. The van der Waals surface area contributed by atoms with Gasteiger partial charge in [0.05, 0.1) is 5.56 Å². The molecule has 7 heteroatoms. The normalized spacial score (nSPS) is 11.6. The molecule has 1 amide bonds. The Labute approximate surface area is 171 Å². The molecule has 0 aliphatic heterocycles. The van der Waals surface area contributed by atoms with Gasteiger partial charge in [0.15, 0.2) is 5.01 Å². The molecule has 0 fully saturated rings. The summed E-state index contributed by atoms with van der Waals surface area (Å²) in [5.74, 6) is 0.0400. The van der Waals surface area contributed by atoms with E-state index >= 15 is 0 Å². The van der Waals surface area contributed by atoms with Gasteiger partial charge in [0.2, 0.25) is 0 Å². The molecule has 0 aliphatic carbocycles. The van der Waals surface area contributed by atoms with Crippen LogP contribution in [0.2, 0.25) is 0 Å². The van der Waals surface area contributed by atoms with Crippen LogP contribution < -0.4 is 10.2 Å². The number of hydrogen-bond acceptors (Lipinski definition) is 6. The molecular weight excluding hydrogens is 386 g/mol. The fourth-order valence-electron chi connectivity index (χ4n) is 2.92. The van der Waals surface area contributed by atoms with E-state index in [0.29, 0.717) is 21.5 Å². The number of benzene rings is 3. The summed E-state index contributed by atoms with van der Waals surface area (Å²) in [5.41, 5.74) is 3.22. The molecule has 0 saturated heterocycles. The van der Waals surface area contributed by atoms with E-state index in [0.717, 1.165) is 11.1 Å². The van der Waals surface area contributed by atoms with Crippen LogP contribution in [-0.2, 0) is 4.79 Å². The molecule has 144 valence electrons. The molecule has 3 aromatic carbocycles. The van der Waals surface area contributed by atoms with Crippen LogP contribution in [0.3, 0.4) is 0 Å². The van der Waals surface area contributed by atoms with Crippen molar-refractivity contribution in [2.24, 2.45) is 0 Å². The minimum absolute atomic E-state index is 0.479. The number of nitrogens with zero attached hydrogens (tertiary/aromatic N) is 2. The maximum atomic E-state index is 12.3. The SMILES string of the molecule is O=C(NO)C(c1ccccc1)c1nnc(-c2ccccc2Oc2ccccc2)s1. The van der Waals surface area contributed by atoms with E-state index in [4.69, 9.17) is 4.74 Å². The summed E-state index contributed by atoms with van der Waals surface area (Å²) in [6, 6.07) is 26.2. The van der Waals surface area contributed by atoms with E-state index in [-0.39, 0.29) is 0 Å². The molecule has 4 rings (SSSR count). The second kappa shape index (κ2) is 8.64. The van der Waals surface area contributed by atoms with Crippen LogP contribution in [0.5, 0.6) is 11.5 Å². The second-order valence-corrected chi connectivity index (χ2v) is 7.19. The molecular formula is C22H17N3O3S. The monoisotopic (exact) mass is 403 g/mol. The van der Waals surface area contributed by atoms with E-state index < -0.39 is 11.8 Å². The van der Waals surface area contributed by atoms with Crippen LogP contribution in [0.15, 0.2) is 84.9 Å². The van der Waals surface area contributed by atoms with Crippen molar-refractivity contribution in [3.63, 3.8) is 0 Å². The quantitative estimate of drug-likeness (QED) is 0.362. The fourth-order valence-corrected chi connectivity index (χ4v) is 3.92.